The molecule has 18 heavy (non-hydrogen) atoms. The number of nitrogens with zero attached hydrogens (tertiary/aromatic N) is 1. The van der Waals surface area contributed by atoms with Crippen molar-refractivity contribution >= 4 is 11.3 Å². The Labute approximate surface area is 111 Å². The van der Waals surface area contributed by atoms with Crippen molar-refractivity contribution < 1.29 is 4.74 Å². The first kappa shape index (κ1) is 12.7. The number of ether oxygens (including phenoxy) is 1. The van der Waals surface area contributed by atoms with E-state index in [9.17, 15) is 5.26 Å². The molecule has 1 aromatic heterocycles. The zero-order valence-corrected chi connectivity index (χ0v) is 11.3. The van der Waals surface area contributed by atoms with Gasteiger partial charge in [0.25, 0.3) is 0 Å². The highest BCUT2D eigenvalue weighted by Crippen LogP contribution is 2.31. The maximum Gasteiger partial charge on any atom is 0.119 e. The molecule has 1 aromatic carbocycles. The minimum absolute atomic E-state index is 0.514. The van der Waals surface area contributed by atoms with E-state index in [1.165, 1.54) is 4.88 Å². The Hall–Kier alpha value is -1.79. The zero-order valence-electron chi connectivity index (χ0n) is 10.5. The van der Waals surface area contributed by atoms with Gasteiger partial charge in [0.05, 0.1) is 18.6 Å². The molecule has 1 unspecified atom stereocenters. The first-order valence-electron chi connectivity index (χ1n) is 5.76. The monoisotopic (exact) mass is 257 g/mol. The SMILES string of the molecule is COc1cccc(C(C)(C#N)Cc2cccs2)c1. The lowest BCUT2D eigenvalue weighted by molar-refractivity contribution is 0.413. The van der Waals surface area contributed by atoms with E-state index in [4.69, 9.17) is 4.74 Å². The largest absolute Gasteiger partial charge is 0.497 e. The highest BCUT2D eigenvalue weighted by molar-refractivity contribution is 7.09. The minimum Gasteiger partial charge on any atom is -0.497 e. The van der Waals surface area contributed by atoms with Crippen LogP contribution >= 0.6 is 11.3 Å². The van der Waals surface area contributed by atoms with E-state index >= 15 is 0 Å². The van der Waals surface area contributed by atoms with Crippen LogP contribution in [0, 0.1) is 11.3 Å². The Morgan fingerprint density at radius 1 is 1.33 bits per heavy atom. The Morgan fingerprint density at radius 2 is 2.17 bits per heavy atom. The average molecular weight is 257 g/mol. The molecule has 0 saturated heterocycles. The predicted octanol–water partition coefficient (Wildman–Crippen LogP) is 3.78. The standard InChI is InChI=1S/C15H15NOS/c1-15(11-16,10-14-7-4-8-18-14)12-5-3-6-13(9-12)17-2/h3-9H,10H2,1-2H3. The second-order valence-corrected chi connectivity index (χ2v) is 5.46. The molecular weight excluding hydrogens is 242 g/mol. The van der Waals surface area contributed by atoms with Gasteiger partial charge in [-0.15, -0.1) is 11.3 Å². The first-order chi connectivity index (χ1) is 8.68. The maximum atomic E-state index is 9.51. The van der Waals surface area contributed by atoms with E-state index in [1.807, 2.05) is 42.6 Å². The van der Waals surface area contributed by atoms with Gasteiger partial charge in [0, 0.05) is 11.3 Å². The third kappa shape index (κ3) is 2.55. The number of thiophene rings is 1. The summed E-state index contributed by atoms with van der Waals surface area (Å²) in [6.45, 7) is 1.97. The van der Waals surface area contributed by atoms with Gasteiger partial charge in [0.15, 0.2) is 0 Å². The molecule has 1 heterocycles. The van der Waals surface area contributed by atoms with Gasteiger partial charge in [-0.25, -0.2) is 0 Å². The van der Waals surface area contributed by atoms with Gasteiger partial charge in [-0.3, -0.25) is 0 Å². The third-order valence-corrected chi connectivity index (χ3v) is 3.94. The smallest absolute Gasteiger partial charge is 0.119 e. The van der Waals surface area contributed by atoms with E-state index < -0.39 is 5.41 Å². The summed E-state index contributed by atoms with van der Waals surface area (Å²) >= 11 is 1.69. The lowest BCUT2D eigenvalue weighted by Gasteiger charge is -2.21. The Morgan fingerprint density at radius 3 is 2.78 bits per heavy atom. The molecule has 3 heteroatoms. The fraction of sp³-hybridized carbons (Fsp3) is 0.267. The van der Waals surface area contributed by atoms with Crippen molar-refractivity contribution in [1.82, 2.24) is 0 Å². The van der Waals surface area contributed by atoms with Gasteiger partial charge in [0.2, 0.25) is 0 Å². The number of rotatable bonds is 4. The summed E-state index contributed by atoms with van der Waals surface area (Å²) < 4.78 is 5.22. The van der Waals surface area contributed by atoms with Crippen molar-refractivity contribution in [1.29, 1.82) is 5.26 Å². The molecule has 0 fully saturated rings. The van der Waals surface area contributed by atoms with Gasteiger partial charge in [-0.05, 0) is 36.1 Å². The van der Waals surface area contributed by atoms with Crippen molar-refractivity contribution in [3.8, 4) is 11.8 Å². The molecule has 0 aliphatic rings. The van der Waals surface area contributed by atoms with Crippen LogP contribution in [0.5, 0.6) is 5.75 Å². The van der Waals surface area contributed by atoms with Crippen LogP contribution in [0.25, 0.3) is 0 Å². The van der Waals surface area contributed by atoms with Crippen molar-refractivity contribution in [2.24, 2.45) is 0 Å². The Kier molecular flexibility index (Phi) is 3.69. The fourth-order valence-corrected chi connectivity index (χ4v) is 2.80. The van der Waals surface area contributed by atoms with Gasteiger partial charge in [0.1, 0.15) is 5.75 Å². The quantitative estimate of drug-likeness (QED) is 0.835. The van der Waals surface area contributed by atoms with Gasteiger partial charge in [-0.1, -0.05) is 18.2 Å². The fourth-order valence-electron chi connectivity index (χ4n) is 1.93. The van der Waals surface area contributed by atoms with Crippen LogP contribution in [0.15, 0.2) is 41.8 Å². The molecule has 0 bridgehead atoms. The average Bonchev–Trinajstić information content (AvgIpc) is 2.91. The number of nitriles is 1. The summed E-state index contributed by atoms with van der Waals surface area (Å²) in [5.41, 5.74) is 0.483. The Balaban J connectivity index is 2.34. The predicted molar refractivity (Wildman–Crippen MR) is 74.0 cm³/mol. The van der Waals surface area contributed by atoms with Crippen LogP contribution in [-0.2, 0) is 11.8 Å². The summed E-state index contributed by atoms with van der Waals surface area (Å²) in [6.07, 6.45) is 0.730. The van der Waals surface area contributed by atoms with E-state index in [0.717, 1.165) is 17.7 Å². The van der Waals surface area contributed by atoms with Gasteiger partial charge in [-0.2, -0.15) is 5.26 Å². The summed E-state index contributed by atoms with van der Waals surface area (Å²) in [6, 6.07) is 14.3. The molecule has 1 atom stereocenters. The van der Waals surface area contributed by atoms with Crippen LogP contribution in [0.2, 0.25) is 0 Å². The molecule has 0 aliphatic heterocycles. The van der Waals surface area contributed by atoms with Crippen LogP contribution in [-0.4, -0.2) is 7.11 Å². The molecule has 0 spiro atoms. The summed E-state index contributed by atoms with van der Waals surface area (Å²) in [5.74, 6) is 0.792. The number of benzene rings is 1. The van der Waals surface area contributed by atoms with E-state index in [2.05, 4.69) is 12.1 Å². The van der Waals surface area contributed by atoms with Crippen molar-refractivity contribution in [2.45, 2.75) is 18.8 Å². The zero-order chi connectivity index (χ0) is 13.0. The van der Waals surface area contributed by atoms with Gasteiger partial charge < -0.3 is 4.74 Å². The molecule has 0 aliphatic carbocycles. The summed E-state index contributed by atoms with van der Waals surface area (Å²) in [5, 5.41) is 11.6. The molecule has 0 N–H and O–H groups in total. The first-order valence-corrected chi connectivity index (χ1v) is 6.64. The summed E-state index contributed by atoms with van der Waals surface area (Å²) in [7, 11) is 1.64. The summed E-state index contributed by atoms with van der Waals surface area (Å²) in [4.78, 5) is 1.22. The molecule has 0 amide bonds. The number of hydrogen-bond donors (Lipinski definition) is 0. The maximum absolute atomic E-state index is 9.51. The highest BCUT2D eigenvalue weighted by atomic mass is 32.1. The molecular formula is C15H15NOS. The second kappa shape index (κ2) is 5.24. The molecule has 0 saturated carbocycles. The van der Waals surface area contributed by atoms with Crippen molar-refractivity contribution in [3.63, 3.8) is 0 Å². The second-order valence-electron chi connectivity index (χ2n) is 4.43. The van der Waals surface area contributed by atoms with Crippen LogP contribution in [0.4, 0.5) is 0 Å². The molecule has 0 radical (unpaired) electrons. The van der Waals surface area contributed by atoms with Crippen LogP contribution in [0.3, 0.4) is 0 Å². The molecule has 2 rings (SSSR count). The number of hydrogen-bond acceptors (Lipinski definition) is 3. The van der Waals surface area contributed by atoms with E-state index in [0.29, 0.717) is 0 Å². The van der Waals surface area contributed by atoms with E-state index in [1.54, 1.807) is 18.4 Å². The highest BCUT2D eigenvalue weighted by Gasteiger charge is 2.27. The number of methoxy groups -OCH3 is 1. The molecule has 2 aromatic rings. The topological polar surface area (TPSA) is 33.0 Å². The van der Waals surface area contributed by atoms with Gasteiger partial charge >= 0.3 is 0 Å². The van der Waals surface area contributed by atoms with Crippen molar-refractivity contribution in [3.05, 3.63) is 52.2 Å². The third-order valence-electron chi connectivity index (χ3n) is 3.06. The van der Waals surface area contributed by atoms with Crippen molar-refractivity contribution in [2.75, 3.05) is 7.11 Å². The normalized spacial score (nSPS) is 13.6. The van der Waals surface area contributed by atoms with E-state index in [-0.39, 0.29) is 0 Å². The molecule has 2 nitrogen and oxygen atoms in total. The lowest BCUT2D eigenvalue weighted by atomic mass is 9.80. The lowest BCUT2D eigenvalue weighted by Crippen LogP contribution is -2.22. The minimum atomic E-state index is -0.514. The van der Waals surface area contributed by atoms with Crippen LogP contribution < -0.4 is 4.74 Å². The molecule has 92 valence electrons. The van der Waals surface area contributed by atoms with Crippen LogP contribution in [0.1, 0.15) is 17.4 Å². The Bertz CT molecular complexity index is 556.